The van der Waals surface area contributed by atoms with Crippen molar-refractivity contribution in [3.05, 3.63) is 24.3 Å². The van der Waals surface area contributed by atoms with Crippen LogP contribution >= 0.6 is 7.82 Å². The summed E-state index contributed by atoms with van der Waals surface area (Å²) in [4.78, 5) is 25.4. The molecule has 64 heavy (non-hydrogen) atoms. The second-order valence-corrected chi connectivity index (χ2v) is 21.7. The Balaban J connectivity index is 4.15. The largest absolute Gasteiger partial charge is 0.756 e. The number of nitrogens with one attached hydrogen (secondary N) is 1. The van der Waals surface area contributed by atoms with Crippen LogP contribution in [0.2, 0.25) is 0 Å². The number of carbonyl (C=O) groups is 1. The van der Waals surface area contributed by atoms with E-state index in [1.54, 1.807) is 6.08 Å². The van der Waals surface area contributed by atoms with E-state index in [1.807, 2.05) is 27.2 Å². The minimum Gasteiger partial charge on any atom is -0.756 e. The molecule has 0 aliphatic carbocycles. The van der Waals surface area contributed by atoms with Crippen LogP contribution in [0, 0.1) is 0 Å². The number of likely N-dealkylation sites (N-methyl/N-ethyl adjacent to an activating group) is 1. The van der Waals surface area contributed by atoms with E-state index in [9.17, 15) is 19.4 Å². The number of hydrogen-bond donors (Lipinski definition) is 2. The van der Waals surface area contributed by atoms with E-state index in [2.05, 4.69) is 31.3 Å². The molecule has 3 unspecified atom stereocenters. The van der Waals surface area contributed by atoms with Gasteiger partial charge in [0.15, 0.2) is 0 Å². The third-order valence-corrected chi connectivity index (χ3v) is 13.6. The number of phosphoric ester groups is 1. The molecule has 0 saturated carbocycles. The number of aliphatic hydroxyl groups is 1. The first-order chi connectivity index (χ1) is 31.0. The first-order valence-corrected chi connectivity index (χ1v) is 29.2. The van der Waals surface area contributed by atoms with Crippen LogP contribution in [0.15, 0.2) is 24.3 Å². The number of carbonyl (C=O) groups excluding carboxylic acids is 1. The molecule has 0 spiro atoms. The second-order valence-electron chi connectivity index (χ2n) is 20.3. The van der Waals surface area contributed by atoms with Gasteiger partial charge in [-0.05, 0) is 44.9 Å². The third-order valence-electron chi connectivity index (χ3n) is 12.7. The Bertz CT molecular complexity index is 1090. The van der Waals surface area contributed by atoms with Gasteiger partial charge in [-0.3, -0.25) is 9.36 Å². The van der Waals surface area contributed by atoms with Crippen molar-refractivity contribution in [1.82, 2.24) is 5.32 Å². The fraction of sp³-hybridized carbons (Fsp3) is 0.909. The number of quaternary nitrogens is 1. The summed E-state index contributed by atoms with van der Waals surface area (Å²) in [5.74, 6) is -0.195. The zero-order valence-corrected chi connectivity index (χ0v) is 44.1. The van der Waals surface area contributed by atoms with Gasteiger partial charge in [-0.25, -0.2) is 0 Å². The Hall–Kier alpha value is -1.02. The average Bonchev–Trinajstić information content (AvgIpc) is 3.25. The van der Waals surface area contributed by atoms with Crippen molar-refractivity contribution in [3.8, 4) is 0 Å². The zero-order valence-electron chi connectivity index (χ0n) is 43.3. The molecule has 0 fully saturated rings. The number of aliphatic hydroxyl groups excluding tert-OH is 1. The molecule has 0 aliphatic heterocycles. The van der Waals surface area contributed by atoms with Crippen molar-refractivity contribution in [2.75, 3.05) is 40.9 Å². The van der Waals surface area contributed by atoms with Crippen molar-refractivity contribution in [3.63, 3.8) is 0 Å². The number of phosphoric acid groups is 1. The Kier molecular flexibility index (Phi) is 46.3. The van der Waals surface area contributed by atoms with Gasteiger partial charge in [0.1, 0.15) is 13.2 Å². The van der Waals surface area contributed by atoms with Gasteiger partial charge in [0.2, 0.25) is 5.91 Å². The highest BCUT2D eigenvalue weighted by Crippen LogP contribution is 2.38. The van der Waals surface area contributed by atoms with E-state index in [1.165, 1.54) is 212 Å². The Morgan fingerprint density at radius 2 is 0.859 bits per heavy atom. The van der Waals surface area contributed by atoms with E-state index >= 15 is 0 Å². The number of rotatable bonds is 51. The van der Waals surface area contributed by atoms with Gasteiger partial charge in [0.05, 0.1) is 39.9 Å². The molecule has 0 saturated heterocycles. The molecule has 0 heterocycles. The Labute approximate surface area is 398 Å². The topological polar surface area (TPSA) is 108 Å². The number of nitrogens with zero attached hydrogens (tertiary/aromatic N) is 1. The maximum absolute atomic E-state index is 12.9. The van der Waals surface area contributed by atoms with Crippen molar-refractivity contribution < 1.29 is 32.9 Å². The van der Waals surface area contributed by atoms with Crippen LogP contribution in [0.4, 0.5) is 0 Å². The minimum atomic E-state index is -4.59. The molecular weight excluding hydrogens is 816 g/mol. The van der Waals surface area contributed by atoms with E-state index in [4.69, 9.17) is 9.05 Å². The van der Waals surface area contributed by atoms with Gasteiger partial charge in [-0.2, -0.15) is 0 Å². The molecule has 0 rings (SSSR count). The molecule has 3 atom stereocenters. The molecular formula is C55H109N2O6P. The van der Waals surface area contributed by atoms with Gasteiger partial charge < -0.3 is 28.8 Å². The monoisotopic (exact) mass is 925 g/mol. The van der Waals surface area contributed by atoms with Crippen molar-refractivity contribution in [2.45, 2.75) is 283 Å². The summed E-state index contributed by atoms with van der Waals surface area (Å²) in [6, 6.07) is -0.884. The first kappa shape index (κ1) is 63.0. The number of unbranched alkanes of at least 4 members (excludes halogenated alkanes) is 36. The standard InChI is InChI=1S/C55H109N2O6P/c1-6-8-10-12-14-16-18-20-22-23-24-25-26-27-28-29-30-31-32-33-35-37-39-41-43-45-47-49-55(59)56-53(52-63-64(60,61)62-51-50-57(3,4)5)54(58)48-46-44-42-40-38-36-34-21-19-17-15-13-11-9-7-2/h27-28,46,48,53-54,58H,6-26,29-45,47,49-52H2,1-5H3,(H-,56,59,60,61)/b28-27-,48-46+. The maximum atomic E-state index is 12.9. The van der Waals surface area contributed by atoms with E-state index in [0.29, 0.717) is 17.4 Å². The van der Waals surface area contributed by atoms with Crippen LogP contribution in [0.1, 0.15) is 271 Å². The van der Waals surface area contributed by atoms with Crippen LogP contribution in [-0.4, -0.2) is 68.5 Å². The molecule has 0 aromatic carbocycles. The highest BCUT2D eigenvalue weighted by Gasteiger charge is 2.23. The van der Waals surface area contributed by atoms with Gasteiger partial charge in [0.25, 0.3) is 7.82 Å². The predicted octanol–water partition coefficient (Wildman–Crippen LogP) is 15.8. The third kappa shape index (κ3) is 48.9. The maximum Gasteiger partial charge on any atom is 0.268 e. The lowest BCUT2D eigenvalue weighted by molar-refractivity contribution is -0.870. The lowest BCUT2D eigenvalue weighted by atomic mass is 10.0. The average molecular weight is 925 g/mol. The van der Waals surface area contributed by atoms with Gasteiger partial charge in [-0.15, -0.1) is 0 Å². The van der Waals surface area contributed by atoms with Crippen molar-refractivity contribution in [2.24, 2.45) is 0 Å². The first-order valence-electron chi connectivity index (χ1n) is 27.7. The van der Waals surface area contributed by atoms with Crippen LogP contribution in [0.5, 0.6) is 0 Å². The fourth-order valence-electron chi connectivity index (χ4n) is 8.27. The van der Waals surface area contributed by atoms with Crippen LogP contribution < -0.4 is 10.2 Å². The van der Waals surface area contributed by atoms with Crippen molar-refractivity contribution >= 4 is 13.7 Å². The molecule has 0 bridgehead atoms. The zero-order chi connectivity index (χ0) is 47.1. The smallest absolute Gasteiger partial charge is 0.268 e. The number of amides is 1. The molecule has 8 nitrogen and oxygen atoms in total. The second kappa shape index (κ2) is 47.1. The molecule has 380 valence electrons. The highest BCUT2D eigenvalue weighted by molar-refractivity contribution is 7.45. The van der Waals surface area contributed by atoms with Crippen LogP contribution in [0.25, 0.3) is 0 Å². The normalized spacial score (nSPS) is 14.2. The van der Waals surface area contributed by atoms with Crippen LogP contribution in [-0.2, 0) is 18.4 Å². The SMILES string of the molecule is CCCCCCCCCCCCCC/C=C\CCCCCCCCCCCCCC(=O)NC(COP(=O)([O-])OCC[N+](C)(C)C)C(O)/C=C/CCCCCCCCCCCCCCC. The highest BCUT2D eigenvalue weighted by atomic mass is 31.2. The molecule has 0 aromatic heterocycles. The van der Waals surface area contributed by atoms with Crippen LogP contribution in [0.3, 0.4) is 0 Å². The summed E-state index contributed by atoms with van der Waals surface area (Å²) in [5, 5.41) is 13.9. The molecule has 2 N–H and O–H groups in total. The lowest BCUT2D eigenvalue weighted by Crippen LogP contribution is -2.45. The summed E-state index contributed by atoms with van der Waals surface area (Å²) < 4.78 is 23.3. The quantitative estimate of drug-likeness (QED) is 0.0272. The number of allylic oxidation sites excluding steroid dienone is 3. The molecule has 0 radical (unpaired) electrons. The summed E-state index contributed by atoms with van der Waals surface area (Å²) >= 11 is 0. The lowest BCUT2D eigenvalue weighted by Gasteiger charge is -2.29. The van der Waals surface area contributed by atoms with E-state index < -0.39 is 20.0 Å². The predicted molar refractivity (Wildman–Crippen MR) is 275 cm³/mol. The van der Waals surface area contributed by atoms with Gasteiger partial charge in [0, 0.05) is 6.42 Å². The van der Waals surface area contributed by atoms with Gasteiger partial charge >= 0.3 is 0 Å². The van der Waals surface area contributed by atoms with E-state index in [0.717, 1.165) is 38.5 Å². The fourth-order valence-corrected chi connectivity index (χ4v) is 8.99. The molecule has 9 heteroatoms. The van der Waals surface area contributed by atoms with Crippen molar-refractivity contribution in [1.29, 1.82) is 0 Å². The Morgan fingerprint density at radius 1 is 0.531 bits per heavy atom. The molecule has 1 amide bonds. The summed E-state index contributed by atoms with van der Waals surface area (Å²) in [6.45, 7) is 4.68. The minimum absolute atomic E-state index is 0.000519. The van der Waals surface area contributed by atoms with Gasteiger partial charge in [-0.1, -0.05) is 244 Å². The molecule has 0 aromatic rings. The molecule has 0 aliphatic rings. The summed E-state index contributed by atoms with van der Waals surface area (Å²) in [5.41, 5.74) is 0. The Morgan fingerprint density at radius 3 is 1.22 bits per heavy atom. The van der Waals surface area contributed by atoms with E-state index in [-0.39, 0.29) is 19.1 Å². The number of hydrogen-bond acceptors (Lipinski definition) is 6. The summed E-state index contributed by atoms with van der Waals surface area (Å²) in [7, 11) is 1.27. The summed E-state index contributed by atoms with van der Waals surface area (Å²) in [6.07, 6.45) is 58.2.